The first-order valence-corrected chi connectivity index (χ1v) is 6.27. The normalized spacial score (nSPS) is 25.3. The van der Waals surface area contributed by atoms with Gasteiger partial charge < -0.3 is 9.88 Å². The summed E-state index contributed by atoms with van der Waals surface area (Å²) in [6, 6.07) is 2.40. The third-order valence-corrected chi connectivity index (χ3v) is 3.77. The van der Waals surface area contributed by atoms with Crippen molar-refractivity contribution in [3.05, 3.63) is 24.3 Å². The molecule has 1 N–H and O–H groups in total. The fourth-order valence-corrected chi connectivity index (χ4v) is 2.74. The summed E-state index contributed by atoms with van der Waals surface area (Å²) in [6.07, 6.45) is 6.21. The molecule has 0 amide bonds. The lowest BCUT2D eigenvalue weighted by Gasteiger charge is -2.29. The Kier molecular flexibility index (Phi) is 2.59. The molecule has 3 heterocycles. The summed E-state index contributed by atoms with van der Waals surface area (Å²) in [5.74, 6) is 1.78. The van der Waals surface area contributed by atoms with Gasteiger partial charge in [0.1, 0.15) is 11.3 Å². The second-order valence-electron chi connectivity index (χ2n) is 4.94. The van der Waals surface area contributed by atoms with Crippen molar-refractivity contribution in [1.82, 2.24) is 19.9 Å². The molecule has 2 aromatic heterocycles. The Balaban J connectivity index is 2.07. The van der Waals surface area contributed by atoms with Crippen molar-refractivity contribution in [3.63, 3.8) is 0 Å². The van der Waals surface area contributed by atoms with Crippen molar-refractivity contribution >= 4 is 11.0 Å². The zero-order chi connectivity index (χ0) is 11.8. The Morgan fingerprint density at radius 2 is 2.35 bits per heavy atom. The largest absolute Gasteiger partial charge is 0.330 e. The van der Waals surface area contributed by atoms with E-state index in [1.165, 1.54) is 12.8 Å². The van der Waals surface area contributed by atoms with Gasteiger partial charge in [-0.1, -0.05) is 6.92 Å². The number of hydrogen-bond donors (Lipinski definition) is 1. The molecule has 4 heteroatoms. The monoisotopic (exact) mass is 230 g/mol. The van der Waals surface area contributed by atoms with E-state index in [1.54, 1.807) is 0 Å². The molecule has 17 heavy (non-hydrogen) atoms. The van der Waals surface area contributed by atoms with E-state index in [4.69, 9.17) is 4.98 Å². The van der Waals surface area contributed by atoms with Gasteiger partial charge >= 0.3 is 0 Å². The minimum absolute atomic E-state index is 0.376. The summed E-state index contributed by atoms with van der Waals surface area (Å²) in [7, 11) is 2.09. The summed E-state index contributed by atoms with van der Waals surface area (Å²) >= 11 is 0. The van der Waals surface area contributed by atoms with Gasteiger partial charge in [-0.05, 0) is 31.4 Å². The average Bonchev–Trinajstić information content (AvgIpc) is 2.68. The number of nitrogens with zero attached hydrogens (tertiary/aromatic N) is 3. The Morgan fingerprint density at radius 3 is 3.12 bits per heavy atom. The van der Waals surface area contributed by atoms with Crippen molar-refractivity contribution in [2.75, 3.05) is 6.54 Å². The molecule has 1 fully saturated rings. The molecule has 2 unspecified atom stereocenters. The lowest BCUT2D eigenvalue weighted by Crippen LogP contribution is -2.34. The van der Waals surface area contributed by atoms with Gasteiger partial charge in [0.05, 0.1) is 17.8 Å². The number of pyridine rings is 1. The number of rotatable bonds is 1. The highest BCUT2D eigenvalue weighted by atomic mass is 15.1. The van der Waals surface area contributed by atoms with E-state index in [2.05, 4.69) is 28.8 Å². The smallest absolute Gasteiger partial charge is 0.127 e. The van der Waals surface area contributed by atoms with E-state index >= 15 is 0 Å². The molecule has 2 atom stereocenters. The second-order valence-corrected chi connectivity index (χ2v) is 4.94. The van der Waals surface area contributed by atoms with Crippen LogP contribution in [0, 0.1) is 5.92 Å². The molecular weight excluding hydrogens is 212 g/mol. The maximum absolute atomic E-state index is 4.72. The number of fused-ring (bicyclic) bond motifs is 1. The van der Waals surface area contributed by atoms with Crippen LogP contribution in [0.15, 0.2) is 18.5 Å². The fraction of sp³-hybridized carbons (Fsp3) is 0.538. The van der Waals surface area contributed by atoms with Crippen LogP contribution in [-0.2, 0) is 7.05 Å². The first kappa shape index (κ1) is 10.7. The van der Waals surface area contributed by atoms with Gasteiger partial charge in [-0.15, -0.1) is 0 Å². The lowest BCUT2D eigenvalue weighted by molar-refractivity contribution is 0.291. The number of piperidine rings is 1. The second kappa shape index (κ2) is 4.11. The molecule has 0 radical (unpaired) electrons. The van der Waals surface area contributed by atoms with Gasteiger partial charge in [0.2, 0.25) is 0 Å². The van der Waals surface area contributed by atoms with Crippen LogP contribution in [0.1, 0.15) is 31.6 Å². The maximum atomic E-state index is 4.72. The Bertz CT molecular complexity index is 531. The quantitative estimate of drug-likeness (QED) is 0.815. The Labute approximate surface area is 101 Å². The molecule has 0 saturated carbocycles. The summed E-state index contributed by atoms with van der Waals surface area (Å²) < 4.78 is 2.19. The van der Waals surface area contributed by atoms with Gasteiger partial charge in [0.25, 0.3) is 0 Å². The molecule has 90 valence electrons. The van der Waals surface area contributed by atoms with E-state index in [0.29, 0.717) is 12.0 Å². The number of nitrogens with one attached hydrogen (secondary N) is 1. The Hall–Kier alpha value is -1.42. The molecule has 0 aromatic carbocycles. The molecule has 3 rings (SSSR count). The number of hydrogen-bond acceptors (Lipinski definition) is 3. The van der Waals surface area contributed by atoms with Gasteiger partial charge in [0.15, 0.2) is 0 Å². The van der Waals surface area contributed by atoms with E-state index in [1.807, 2.05) is 18.5 Å². The highest BCUT2D eigenvalue weighted by Gasteiger charge is 2.26. The van der Waals surface area contributed by atoms with Crippen LogP contribution in [0.25, 0.3) is 11.0 Å². The molecule has 1 saturated heterocycles. The molecule has 1 aliphatic rings. The number of aryl methyl sites for hydroxylation is 1. The highest BCUT2D eigenvalue weighted by molar-refractivity contribution is 5.74. The molecule has 0 spiro atoms. The standard InChI is InChI=1S/C13H18N4/c1-9-4-3-6-15-12(9)13-16-10-8-14-7-5-11(10)17(13)2/h5,7-9,12,15H,3-4,6H2,1-2H3. The summed E-state index contributed by atoms with van der Waals surface area (Å²) in [6.45, 7) is 3.39. The topological polar surface area (TPSA) is 42.7 Å². The first-order valence-electron chi connectivity index (χ1n) is 6.27. The first-order chi connectivity index (χ1) is 8.27. The number of aromatic nitrogens is 3. The zero-order valence-electron chi connectivity index (χ0n) is 10.3. The minimum Gasteiger partial charge on any atom is -0.330 e. The van der Waals surface area contributed by atoms with E-state index in [0.717, 1.165) is 23.4 Å². The highest BCUT2D eigenvalue weighted by Crippen LogP contribution is 2.29. The molecule has 0 bridgehead atoms. The zero-order valence-corrected chi connectivity index (χ0v) is 10.3. The van der Waals surface area contributed by atoms with Crippen molar-refractivity contribution in [3.8, 4) is 0 Å². The van der Waals surface area contributed by atoms with Crippen molar-refractivity contribution in [2.24, 2.45) is 13.0 Å². The molecule has 1 aliphatic heterocycles. The maximum Gasteiger partial charge on any atom is 0.127 e. The van der Waals surface area contributed by atoms with Crippen molar-refractivity contribution < 1.29 is 0 Å². The minimum atomic E-state index is 0.376. The van der Waals surface area contributed by atoms with E-state index in [-0.39, 0.29) is 0 Å². The van der Waals surface area contributed by atoms with Gasteiger partial charge in [0, 0.05) is 13.2 Å². The predicted molar refractivity (Wildman–Crippen MR) is 67.7 cm³/mol. The average molecular weight is 230 g/mol. The molecular formula is C13H18N4. The molecule has 0 aliphatic carbocycles. The summed E-state index contributed by atoms with van der Waals surface area (Å²) in [5.41, 5.74) is 2.15. The van der Waals surface area contributed by atoms with Crippen LogP contribution in [0.3, 0.4) is 0 Å². The van der Waals surface area contributed by atoms with Crippen LogP contribution in [0.4, 0.5) is 0 Å². The summed E-state index contributed by atoms with van der Waals surface area (Å²) in [4.78, 5) is 8.86. The predicted octanol–water partition coefficient (Wildman–Crippen LogP) is 2.03. The van der Waals surface area contributed by atoms with Crippen LogP contribution >= 0.6 is 0 Å². The van der Waals surface area contributed by atoms with Crippen LogP contribution in [0.2, 0.25) is 0 Å². The van der Waals surface area contributed by atoms with Gasteiger partial charge in [-0.3, -0.25) is 4.98 Å². The van der Waals surface area contributed by atoms with Crippen LogP contribution in [-0.4, -0.2) is 21.1 Å². The third kappa shape index (κ3) is 1.72. The SMILES string of the molecule is CC1CCCNC1c1nc2cnccc2n1C. The third-order valence-electron chi connectivity index (χ3n) is 3.77. The molecule has 2 aromatic rings. The van der Waals surface area contributed by atoms with Crippen molar-refractivity contribution in [2.45, 2.75) is 25.8 Å². The van der Waals surface area contributed by atoms with Gasteiger partial charge in [-0.2, -0.15) is 0 Å². The van der Waals surface area contributed by atoms with E-state index in [9.17, 15) is 0 Å². The van der Waals surface area contributed by atoms with Gasteiger partial charge in [-0.25, -0.2) is 4.98 Å². The van der Waals surface area contributed by atoms with Crippen LogP contribution in [0.5, 0.6) is 0 Å². The lowest BCUT2D eigenvalue weighted by atomic mass is 9.92. The Morgan fingerprint density at radius 1 is 1.47 bits per heavy atom. The van der Waals surface area contributed by atoms with Crippen LogP contribution < -0.4 is 5.32 Å². The molecule has 4 nitrogen and oxygen atoms in total. The number of imidazole rings is 1. The van der Waals surface area contributed by atoms with E-state index < -0.39 is 0 Å². The summed E-state index contributed by atoms with van der Waals surface area (Å²) in [5, 5.41) is 3.58. The van der Waals surface area contributed by atoms with Crippen molar-refractivity contribution in [1.29, 1.82) is 0 Å². The fourth-order valence-electron chi connectivity index (χ4n) is 2.74.